The first kappa shape index (κ1) is 15.5. The van der Waals surface area contributed by atoms with Gasteiger partial charge >= 0.3 is 0 Å². The Hall–Kier alpha value is -1.77. The highest BCUT2D eigenvalue weighted by atomic mass is 16.5. The molecule has 3 heteroatoms. The largest absolute Gasteiger partial charge is 0.488 e. The summed E-state index contributed by atoms with van der Waals surface area (Å²) in [6.45, 7) is 1.18. The summed E-state index contributed by atoms with van der Waals surface area (Å²) < 4.78 is 5.71. The first-order chi connectivity index (χ1) is 12.2. The van der Waals surface area contributed by atoms with E-state index in [1.807, 2.05) is 30.3 Å². The lowest BCUT2D eigenvalue weighted by atomic mass is 9.49. The van der Waals surface area contributed by atoms with Crippen molar-refractivity contribution in [1.82, 2.24) is 5.32 Å². The molecule has 0 saturated heterocycles. The van der Waals surface area contributed by atoms with Crippen molar-refractivity contribution in [1.29, 1.82) is 0 Å². The van der Waals surface area contributed by atoms with E-state index in [0.717, 1.165) is 47.6 Å². The van der Waals surface area contributed by atoms with Crippen LogP contribution in [0.5, 0.6) is 5.75 Å². The van der Waals surface area contributed by atoms with Gasteiger partial charge in [-0.1, -0.05) is 18.2 Å². The van der Waals surface area contributed by atoms with E-state index in [9.17, 15) is 4.79 Å². The molecule has 1 heterocycles. The number of ether oxygens (including phenoxy) is 1. The molecule has 4 fully saturated rings. The number of amides is 1. The molecular formula is C22H27NO2. The Morgan fingerprint density at radius 3 is 2.48 bits per heavy atom. The molecule has 1 aliphatic heterocycles. The third-order valence-corrected chi connectivity index (χ3v) is 7.03. The molecule has 25 heavy (non-hydrogen) atoms. The minimum absolute atomic E-state index is 0.0410. The van der Waals surface area contributed by atoms with Crippen LogP contribution in [-0.2, 0) is 4.79 Å². The number of hydrogen-bond acceptors (Lipinski definition) is 2. The second-order valence-corrected chi connectivity index (χ2v) is 8.92. The van der Waals surface area contributed by atoms with Crippen LogP contribution in [0.4, 0.5) is 0 Å². The number of rotatable bonds is 4. The van der Waals surface area contributed by atoms with Crippen molar-refractivity contribution < 1.29 is 9.53 Å². The van der Waals surface area contributed by atoms with Crippen molar-refractivity contribution in [2.24, 2.45) is 23.2 Å². The van der Waals surface area contributed by atoms with E-state index >= 15 is 0 Å². The van der Waals surface area contributed by atoms with Crippen LogP contribution < -0.4 is 10.1 Å². The second kappa shape index (κ2) is 5.89. The average molecular weight is 337 g/mol. The van der Waals surface area contributed by atoms with Gasteiger partial charge < -0.3 is 10.1 Å². The number of fused-ring (bicyclic) bond motifs is 1. The molecule has 0 radical (unpaired) electrons. The Balaban J connectivity index is 1.20. The summed E-state index contributed by atoms with van der Waals surface area (Å²) in [5.74, 6) is 3.85. The maximum Gasteiger partial charge on any atom is 0.250 e. The number of para-hydroxylation sites is 1. The number of carbonyl (C=O) groups excluding carboxylic acids is 1. The molecule has 4 bridgehead atoms. The fourth-order valence-corrected chi connectivity index (χ4v) is 6.40. The Morgan fingerprint density at radius 1 is 1.08 bits per heavy atom. The first-order valence-corrected chi connectivity index (χ1v) is 9.90. The van der Waals surface area contributed by atoms with Crippen LogP contribution in [0.3, 0.4) is 0 Å². The average Bonchev–Trinajstić information content (AvgIpc) is 2.60. The number of benzene rings is 1. The molecule has 0 aromatic heterocycles. The molecule has 0 spiro atoms. The highest BCUT2D eigenvalue weighted by Gasteiger charge is 2.50. The van der Waals surface area contributed by atoms with Gasteiger partial charge in [0.15, 0.2) is 0 Å². The molecule has 3 nitrogen and oxygen atoms in total. The SMILES string of the molecule is O=C(NCCC12CC3CC(CC(C3)C1)C2)C1=Cc2ccccc2OC1. The van der Waals surface area contributed by atoms with E-state index in [1.165, 1.54) is 38.5 Å². The quantitative estimate of drug-likeness (QED) is 0.895. The van der Waals surface area contributed by atoms with Gasteiger partial charge in [0.2, 0.25) is 0 Å². The molecule has 132 valence electrons. The number of nitrogens with one attached hydrogen (secondary N) is 1. The molecule has 0 unspecified atom stereocenters. The molecule has 5 aliphatic rings. The van der Waals surface area contributed by atoms with Crippen LogP contribution in [0.1, 0.15) is 50.5 Å². The van der Waals surface area contributed by atoms with Gasteiger partial charge in [0.05, 0.1) is 5.57 Å². The maximum atomic E-state index is 12.5. The van der Waals surface area contributed by atoms with Crippen LogP contribution in [0, 0.1) is 23.2 Å². The molecule has 1 N–H and O–H groups in total. The Labute approximate surface area is 149 Å². The molecule has 1 aromatic rings. The van der Waals surface area contributed by atoms with E-state index in [-0.39, 0.29) is 5.91 Å². The second-order valence-electron chi connectivity index (χ2n) is 8.92. The smallest absolute Gasteiger partial charge is 0.250 e. The Kier molecular flexibility index (Phi) is 3.65. The monoisotopic (exact) mass is 337 g/mol. The molecule has 1 aromatic carbocycles. The van der Waals surface area contributed by atoms with E-state index in [2.05, 4.69) is 5.32 Å². The summed E-state index contributed by atoms with van der Waals surface area (Å²) >= 11 is 0. The lowest BCUT2D eigenvalue weighted by Crippen LogP contribution is -2.47. The Bertz CT molecular complexity index is 685. The third-order valence-electron chi connectivity index (χ3n) is 7.03. The molecular weight excluding hydrogens is 310 g/mol. The topological polar surface area (TPSA) is 38.3 Å². The predicted octanol–water partition coefficient (Wildman–Crippen LogP) is 4.19. The first-order valence-electron chi connectivity index (χ1n) is 9.90. The van der Waals surface area contributed by atoms with Gasteiger partial charge in [-0.15, -0.1) is 0 Å². The van der Waals surface area contributed by atoms with Gasteiger partial charge in [-0.05, 0) is 80.3 Å². The van der Waals surface area contributed by atoms with E-state index in [4.69, 9.17) is 4.74 Å². The standard InChI is InChI=1S/C22H27NO2/c24-21(19-10-18-3-1-2-4-20(18)25-14-19)23-6-5-22-11-15-7-16(12-22)9-17(8-15)13-22/h1-4,10,15-17H,5-9,11-14H2,(H,23,24). The van der Waals surface area contributed by atoms with E-state index < -0.39 is 0 Å². The van der Waals surface area contributed by atoms with Gasteiger partial charge in [-0.3, -0.25) is 4.79 Å². The highest BCUT2D eigenvalue weighted by Crippen LogP contribution is 2.61. The molecule has 1 amide bonds. The molecule has 6 rings (SSSR count). The van der Waals surface area contributed by atoms with Crippen LogP contribution in [0.2, 0.25) is 0 Å². The summed E-state index contributed by atoms with van der Waals surface area (Å²) in [6.07, 6.45) is 11.8. The third kappa shape index (κ3) is 2.88. The highest BCUT2D eigenvalue weighted by molar-refractivity contribution is 5.99. The van der Waals surface area contributed by atoms with Crippen molar-refractivity contribution in [3.8, 4) is 5.75 Å². The maximum absolute atomic E-state index is 12.5. The van der Waals surface area contributed by atoms with Gasteiger partial charge in [0.1, 0.15) is 12.4 Å². The normalized spacial score (nSPS) is 34.9. The molecule has 4 saturated carbocycles. The zero-order valence-electron chi connectivity index (χ0n) is 14.8. The summed E-state index contributed by atoms with van der Waals surface area (Å²) in [7, 11) is 0. The van der Waals surface area contributed by atoms with Crippen molar-refractivity contribution in [2.75, 3.05) is 13.2 Å². The molecule has 4 aliphatic carbocycles. The van der Waals surface area contributed by atoms with Crippen LogP contribution in [-0.4, -0.2) is 19.1 Å². The fourth-order valence-electron chi connectivity index (χ4n) is 6.40. The minimum atomic E-state index is 0.0410. The van der Waals surface area contributed by atoms with Crippen molar-refractivity contribution in [3.05, 3.63) is 35.4 Å². The van der Waals surface area contributed by atoms with Gasteiger partial charge in [0, 0.05) is 12.1 Å². The summed E-state index contributed by atoms with van der Waals surface area (Å²) in [5, 5.41) is 3.17. The lowest BCUT2D eigenvalue weighted by Gasteiger charge is -2.57. The van der Waals surface area contributed by atoms with E-state index in [1.54, 1.807) is 0 Å². The van der Waals surface area contributed by atoms with Crippen molar-refractivity contribution in [3.63, 3.8) is 0 Å². The summed E-state index contributed by atoms with van der Waals surface area (Å²) in [4.78, 5) is 12.5. The van der Waals surface area contributed by atoms with Crippen LogP contribution in [0.25, 0.3) is 6.08 Å². The number of hydrogen-bond donors (Lipinski definition) is 1. The summed E-state index contributed by atoms with van der Waals surface area (Å²) in [5.41, 5.74) is 2.27. The summed E-state index contributed by atoms with van der Waals surface area (Å²) in [6, 6.07) is 7.89. The Morgan fingerprint density at radius 2 is 1.76 bits per heavy atom. The predicted molar refractivity (Wildman–Crippen MR) is 98.1 cm³/mol. The fraction of sp³-hybridized carbons (Fsp3) is 0.591. The van der Waals surface area contributed by atoms with Gasteiger partial charge in [-0.25, -0.2) is 0 Å². The lowest BCUT2D eigenvalue weighted by molar-refractivity contribution is -0.118. The van der Waals surface area contributed by atoms with Crippen LogP contribution >= 0.6 is 0 Å². The molecule has 0 atom stereocenters. The zero-order chi connectivity index (χ0) is 16.9. The van der Waals surface area contributed by atoms with Crippen LogP contribution in [0.15, 0.2) is 29.8 Å². The zero-order valence-corrected chi connectivity index (χ0v) is 14.8. The minimum Gasteiger partial charge on any atom is -0.488 e. The van der Waals surface area contributed by atoms with Crippen molar-refractivity contribution >= 4 is 12.0 Å². The van der Waals surface area contributed by atoms with Crippen molar-refractivity contribution in [2.45, 2.75) is 44.9 Å². The number of carbonyl (C=O) groups is 1. The van der Waals surface area contributed by atoms with Gasteiger partial charge in [-0.2, -0.15) is 0 Å². The van der Waals surface area contributed by atoms with Gasteiger partial charge in [0.25, 0.3) is 5.91 Å². The van der Waals surface area contributed by atoms with E-state index in [0.29, 0.717) is 12.0 Å².